The van der Waals surface area contributed by atoms with Crippen LogP contribution in [0.1, 0.15) is 139 Å². The number of ether oxygens (including phenoxy) is 2. The van der Waals surface area contributed by atoms with Crippen LogP contribution >= 0.6 is 0 Å². The maximum absolute atomic E-state index is 12.3. The highest BCUT2D eigenvalue weighted by atomic mass is 16.5. The van der Waals surface area contributed by atoms with Crippen molar-refractivity contribution in [1.82, 2.24) is 0 Å². The number of unbranched alkanes of at least 4 members (excludes halogenated alkanes) is 13. The van der Waals surface area contributed by atoms with E-state index in [2.05, 4.69) is 57.2 Å². The molecule has 0 saturated carbocycles. The standard InChI is InChI=1S/C40H58O3/c1-4-6-7-8-9-10-11-12-13-14-15-16-17-18-29-42-39-28-27-37-30-35(23-26-38(37)31-39)20-19-34-21-24-36(25-22-34)40(41)43-32-33(3)5-2/h21-28,30-31,33H,4-20,29,32H2,1-3H3/t33-/m1/s1. The monoisotopic (exact) mass is 586 g/mol. The Labute approximate surface area is 262 Å². The quantitative estimate of drug-likeness (QED) is 0.0819. The minimum atomic E-state index is -0.232. The summed E-state index contributed by atoms with van der Waals surface area (Å²) in [6, 6.07) is 21.0. The SMILES string of the molecule is CCCCCCCCCCCCCCCCOc1ccc2cc(CCc3ccc(C(=O)OC[C@H](C)CC)cc3)ccc2c1. The molecule has 3 nitrogen and oxygen atoms in total. The van der Waals surface area contributed by atoms with Gasteiger partial charge in [-0.2, -0.15) is 0 Å². The van der Waals surface area contributed by atoms with E-state index < -0.39 is 0 Å². The van der Waals surface area contributed by atoms with E-state index in [1.807, 2.05) is 24.3 Å². The molecule has 3 aromatic carbocycles. The number of fused-ring (bicyclic) bond motifs is 1. The zero-order valence-corrected chi connectivity index (χ0v) is 27.5. The Bertz CT molecular complexity index is 1170. The van der Waals surface area contributed by atoms with Crippen molar-refractivity contribution in [3.63, 3.8) is 0 Å². The highest BCUT2D eigenvalue weighted by Crippen LogP contribution is 2.23. The topological polar surface area (TPSA) is 35.5 Å². The third kappa shape index (κ3) is 14.0. The summed E-state index contributed by atoms with van der Waals surface area (Å²) in [6.45, 7) is 7.77. The number of carbonyl (C=O) groups is 1. The van der Waals surface area contributed by atoms with E-state index in [1.54, 1.807) is 0 Å². The molecule has 3 heteroatoms. The van der Waals surface area contributed by atoms with Crippen molar-refractivity contribution in [1.29, 1.82) is 0 Å². The molecule has 3 aromatic rings. The summed E-state index contributed by atoms with van der Waals surface area (Å²) in [5.74, 6) is 1.13. The van der Waals surface area contributed by atoms with Gasteiger partial charge in [-0.25, -0.2) is 4.79 Å². The molecule has 236 valence electrons. The molecule has 0 spiro atoms. The average Bonchev–Trinajstić information content (AvgIpc) is 3.04. The summed E-state index contributed by atoms with van der Waals surface area (Å²) in [6.07, 6.45) is 22.2. The summed E-state index contributed by atoms with van der Waals surface area (Å²) >= 11 is 0. The van der Waals surface area contributed by atoms with Crippen LogP contribution in [0.25, 0.3) is 10.8 Å². The number of esters is 1. The van der Waals surface area contributed by atoms with Gasteiger partial charge < -0.3 is 9.47 Å². The molecule has 0 aliphatic heterocycles. The molecule has 0 fully saturated rings. The van der Waals surface area contributed by atoms with Crippen LogP contribution in [0, 0.1) is 5.92 Å². The molecule has 0 N–H and O–H groups in total. The summed E-state index contributed by atoms with van der Waals surface area (Å²) in [5.41, 5.74) is 3.17. The predicted octanol–water partition coefficient (Wildman–Crippen LogP) is 11.7. The molecule has 0 aliphatic rings. The minimum Gasteiger partial charge on any atom is -0.494 e. The average molecular weight is 587 g/mol. The number of carbonyl (C=O) groups excluding carboxylic acids is 1. The van der Waals surface area contributed by atoms with Crippen molar-refractivity contribution in [2.75, 3.05) is 13.2 Å². The lowest BCUT2D eigenvalue weighted by molar-refractivity contribution is 0.0447. The van der Waals surface area contributed by atoms with E-state index in [1.165, 1.54) is 105 Å². The maximum Gasteiger partial charge on any atom is 0.338 e. The van der Waals surface area contributed by atoms with Gasteiger partial charge in [-0.1, -0.05) is 147 Å². The van der Waals surface area contributed by atoms with Gasteiger partial charge in [0.25, 0.3) is 0 Å². The normalized spacial score (nSPS) is 12.0. The molecule has 0 aromatic heterocycles. The number of aryl methyl sites for hydroxylation is 2. The van der Waals surface area contributed by atoms with Crippen LogP contribution in [0.5, 0.6) is 5.75 Å². The number of hydrogen-bond donors (Lipinski definition) is 0. The molecule has 0 radical (unpaired) electrons. The van der Waals surface area contributed by atoms with Crippen molar-refractivity contribution in [3.8, 4) is 5.75 Å². The Hall–Kier alpha value is -2.81. The molecule has 0 saturated heterocycles. The molecule has 3 rings (SSSR count). The largest absolute Gasteiger partial charge is 0.494 e. The zero-order valence-electron chi connectivity index (χ0n) is 27.5. The van der Waals surface area contributed by atoms with E-state index >= 15 is 0 Å². The Morgan fingerprint density at radius 2 is 1.16 bits per heavy atom. The van der Waals surface area contributed by atoms with Crippen molar-refractivity contribution < 1.29 is 14.3 Å². The van der Waals surface area contributed by atoms with Crippen molar-refractivity contribution in [3.05, 3.63) is 77.4 Å². The van der Waals surface area contributed by atoms with Gasteiger partial charge in [-0.15, -0.1) is 0 Å². The smallest absolute Gasteiger partial charge is 0.338 e. The van der Waals surface area contributed by atoms with Gasteiger partial charge in [0, 0.05) is 0 Å². The minimum absolute atomic E-state index is 0.232. The van der Waals surface area contributed by atoms with Crippen molar-refractivity contribution >= 4 is 16.7 Å². The van der Waals surface area contributed by atoms with Crippen LogP contribution < -0.4 is 4.74 Å². The van der Waals surface area contributed by atoms with Crippen LogP contribution in [0.2, 0.25) is 0 Å². The number of hydrogen-bond acceptors (Lipinski definition) is 3. The van der Waals surface area contributed by atoms with Crippen LogP contribution in [0.4, 0.5) is 0 Å². The van der Waals surface area contributed by atoms with E-state index in [9.17, 15) is 4.79 Å². The first-order valence-corrected chi connectivity index (χ1v) is 17.5. The van der Waals surface area contributed by atoms with E-state index in [-0.39, 0.29) is 5.97 Å². The van der Waals surface area contributed by atoms with Crippen LogP contribution in [-0.2, 0) is 17.6 Å². The Morgan fingerprint density at radius 3 is 1.79 bits per heavy atom. The first-order valence-electron chi connectivity index (χ1n) is 17.5. The Morgan fingerprint density at radius 1 is 0.628 bits per heavy atom. The summed E-state index contributed by atoms with van der Waals surface area (Å²) in [7, 11) is 0. The lowest BCUT2D eigenvalue weighted by atomic mass is 10.0. The summed E-state index contributed by atoms with van der Waals surface area (Å²) < 4.78 is 11.5. The fourth-order valence-corrected chi connectivity index (χ4v) is 5.52. The Balaban J connectivity index is 1.28. The van der Waals surface area contributed by atoms with Gasteiger partial charge >= 0.3 is 5.97 Å². The second-order valence-corrected chi connectivity index (χ2v) is 12.6. The predicted molar refractivity (Wildman–Crippen MR) is 183 cm³/mol. The first kappa shape index (κ1) is 34.7. The molecule has 0 bridgehead atoms. The van der Waals surface area contributed by atoms with Gasteiger partial charge in [-0.3, -0.25) is 0 Å². The van der Waals surface area contributed by atoms with Crippen LogP contribution in [0.15, 0.2) is 60.7 Å². The van der Waals surface area contributed by atoms with Gasteiger partial charge in [0.1, 0.15) is 5.75 Å². The van der Waals surface area contributed by atoms with Crippen LogP contribution in [0.3, 0.4) is 0 Å². The highest BCUT2D eigenvalue weighted by Gasteiger charge is 2.09. The van der Waals surface area contributed by atoms with Gasteiger partial charge in [0.05, 0.1) is 18.8 Å². The maximum atomic E-state index is 12.3. The summed E-state index contributed by atoms with van der Waals surface area (Å²) in [5, 5.41) is 2.48. The third-order valence-electron chi connectivity index (χ3n) is 8.73. The lowest BCUT2D eigenvalue weighted by Crippen LogP contribution is -2.11. The number of benzene rings is 3. The van der Waals surface area contributed by atoms with Gasteiger partial charge in [-0.05, 0) is 71.3 Å². The molecule has 1 atom stereocenters. The van der Waals surface area contributed by atoms with E-state index in [4.69, 9.17) is 9.47 Å². The zero-order chi connectivity index (χ0) is 30.5. The molecular formula is C40H58O3. The van der Waals surface area contributed by atoms with E-state index in [0.29, 0.717) is 18.1 Å². The van der Waals surface area contributed by atoms with Crippen LogP contribution in [-0.4, -0.2) is 19.2 Å². The second kappa shape index (κ2) is 21.0. The van der Waals surface area contributed by atoms with Gasteiger partial charge in [0.15, 0.2) is 0 Å². The molecule has 43 heavy (non-hydrogen) atoms. The molecule has 0 unspecified atom stereocenters. The summed E-state index contributed by atoms with van der Waals surface area (Å²) in [4.78, 5) is 12.3. The molecular weight excluding hydrogens is 528 g/mol. The highest BCUT2D eigenvalue weighted by molar-refractivity contribution is 5.89. The fourth-order valence-electron chi connectivity index (χ4n) is 5.52. The second-order valence-electron chi connectivity index (χ2n) is 12.6. The Kier molecular flexibility index (Phi) is 16.9. The molecule has 0 amide bonds. The van der Waals surface area contributed by atoms with E-state index in [0.717, 1.165) is 38.0 Å². The lowest BCUT2D eigenvalue weighted by Gasteiger charge is -2.10. The van der Waals surface area contributed by atoms with Crippen molar-refractivity contribution in [2.24, 2.45) is 5.92 Å². The van der Waals surface area contributed by atoms with Crippen molar-refractivity contribution in [2.45, 2.75) is 130 Å². The van der Waals surface area contributed by atoms with Gasteiger partial charge in [0.2, 0.25) is 0 Å². The molecule has 0 aliphatic carbocycles. The third-order valence-corrected chi connectivity index (χ3v) is 8.73. The molecule has 0 heterocycles. The fraction of sp³-hybridized carbons (Fsp3) is 0.575. The first-order chi connectivity index (χ1) is 21.1. The number of rotatable bonds is 23.